The number of anilines is 1. The van der Waals surface area contributed by atoms with Crippen LogP contribution in [-0.4, -0.2) is 21.5 Å². The van der Waals surface area contributed by atoms with E-state index in [0.29, 0.717) is 10.7 Å². The van der Waals surface area contributed by atoms with Gasteiger partial charge in [0.2, 0.25) is 0 Å². The minimum absolute atomic E-state index is 0.0110. The van der Waals surface area contributed by atoms with E-state index in [9.17, 15) is 9.59 Å². The van der Waals surface area contributed by atoms with Gasteiger partial charge in [-0.15, -0.1) is 0 Å². The predicted molar refractivity (Wildman–Crippen MR) is 123 cm³/mol. The Balaban J connectivity index is 1.77. The fourth-order valence-corrected chi connectivity index (χ4v) is 4.04. The first kappa shape index (κ1) is 20.1. The van der Waals surface area contributed by atoms with Crippen LogP contribution in [0.5, 0.6) is 0 Å². The first-order valence-corrected chi connectivity index (χ1v) is 10.1. The maximum atomic E-state index is 13.2. The molecule has 1 aliphatic rings. The Kier molecular flexibility index (Phi) is 5.28. The molecule has 0 spiro atoms. The van der Waals surface area contributed by atoms with Crippen LogP contribution < -0.4 is 10.2 Å². The van der Waals surface area contributed by atoms with Gasteiger partial charge in [-0.1, -0.05) is 35.9 Å². The summed E-state index contributed by atoms with van der Waals surface area (Å²) in [6, 6.07) is 18.6. The summed E-state index contributed by atoms with van der Waals surface area (Å²) in [5, 5.41) is 3.10. The highest BCUT2D eigenvalue weighted by Gasteiger charge is 2.34. The first-order valence-electron chi connectivity index (χ1n) is 9.28. The molecule has 2 aromatic carbocycles. The number of benzene rings is 2. The quantitative estimate of drug-likeness (QED) is 0.372. The molecule has 4 rings (SSSR count). The van der Waals surface area contributed by atoms with Gasteiger partial charge in [0.25, 0.3) is 11.8 Å². The summed E-state index contributed by atoms with van der Waals surface area (Å²) in [6.07, 6.45) is 1.61. The molecule has 1 N–H and O–H groups in total. The Morgan fingerprint density at radius 1 is 0.967 bits per heavy atom. The third kappa shape index (κ3) is 3.56. The molecule has 0 aliphatic carbocycles. The normalized spacial score (nSPS) is 15.6. The topological polar surface area (TPSA) is 54.3 Å². The van der Waals surface area contributed by atoms with Gasteiger partial charge in [0, 0.05) is 22.1 Å². The molecule has 1 saturated heterocycles. The number of hydrogen-bond donors (Lipinski definition) is 1. The molecule has 1 fully saturated rings. The van der Waals surface area contributed by atoms with Crippen molar-refractivity contribution in [3.05, 3.63) is 88.2 Å². The minimum atomic E-state index is -0.521. The number of amides is 2. The Bertz CT molecular complexity index is 1210. The zero-order chi connectivity index (χ0) is 21.4. The fraction of sp³-hybridized carbons (Fsp3) is 0.0870. The molecule has 150 valence electrons. The third-order valence-electron chi connectivity index (χ3n) is 4.95. The molecule has 0 radical (unpaired) electrons. The molecule has 0 saturated carbocycles. The lowest BCUT2D eigenvalue weighted by Gasteiger charge is -2.29. The van der Waals surface area contributed by atoms with Crippen molar-refractivity contribution in [2.45, 2.75) is 13.8 Å². The number of carbonyl (C=O) groups is 2. The third-order valence-corrected chi connectivity index (χ3v) is 5.47. The van der Waals surface area contributed by atoms with Crippen LogP contribution in [0.25, 0.3) is 11.8 Å². The molecule has 1 aliphatic heterocycles. The van der Waals surface area contributed by atoms with E-state index in [-0.39, 0.29) is 10.7 Å². The van der Waals surface area contributed by atoms with E-state index in [2.05, 4.69) is 9.88 Å². The predicted octanol–water partition coefficient (Wildman–Crippen LogP) is 4.58. The maximum absolute atomic E-state index is 13.2. The van der Waals surface area contributed by atoms with Crippen molar-refractivity contribution in [2.24, 2.45) is 0 Å². The second-order valence-corrected chi connectivity index (χ2v) is 7.76. The van der Waals surface area contributed by atoms with Crippen LogP contribution in [0.15, 0.2) is 66.2 Å². The molecule has 2 amide bonds. The Hall–Kier alpha value is -3.22. The molecule has 7 heteroatoms. The maximum Gasteiger partial charge on any atom is 0.270 e. The Labute approximate surface area is 184 Å². The van der Waals surface area contributed by atoms with Gasteiger partial charge in [-0.3, -0.25) is 19.8 Å². The van der Waals surface area contributed by atoms with Gasteiger partial charge in [0.1, 0.15) is 5.57 Å². The van der Waals surface area contributed by atoms with Gasteiger partial charge in [-0.25, -0.2) is 0 Å². The molecule has 0 atom stereocenters. The lowest BCUT2D eigenvalue weighted by molar-refractivity contribution is -0.122. The van der Waals surface area contributed by atoms with Crippen molar-refractivity contribution in [2.75, 3.05) is 4.90 Å². The van der Waals surface area contributed by atoms with Gasteiger partial charge in [-0.05, 0) is 74.1 Å². The summed E-state index contributed by atoms with van der Waals surface area (Å²) >= 11 is 11.3. The van der Waals surface area contributed by atoms with E-state index in [1.165, 1.54) is 4.90 Å². The summed E-state index contributed by atoms with van der Waals surface area (Å²) in [6.45, 7) is 3.94. The second-order valence-electron chi connectivity index (χ2n) is 6.94. The van der Waals surface area contributed by atoms with Crippen LogP contribution in [0, 0.1) is 13.8 Å². The molecule has 0 bridgehead atoms. The number of rotatable bonds is 3. The van der Waals surface area contributed by atoms with Crippen molar-refractivity contribution in [1.29, 1.82) is 0 Å². The number of carbonyl (C=O) groups excluding carboxylic acids is 2. The summed E-state index contributed by atoms with van der Waals surface area (Å²) in [5.74, 6) is -1.01. The molecule has 3 aromatic rings. The zero-order valence-corrected chi connectivity index (χ0v) is 17.9. The highest BCUT2D eigenvalue weighted by Crippen LogP contribution is 2.27. The number of hydrogen-bond acceptors (Lipinski definition) is 3. The van der Waals surface area contributed by atoms with Gasteiger partial charge < -0.3 is 4.57 Å². The van der Waals surface area contributed by atoms with Gasteiger partial charge >= 0.3 is 0 Å². The summed E-state index contributed by atoms with van der Waals surface area (Å²) in [5.41, 5.74) is 4.23. The lowest BCUT2D eigenvalue weighted by Crippen LogP contribution is -2.54. The number of thiocarbonyl (C=S) groups is 1. The monoisotopic (exact) mass is 435 g/mol. The van der Waals surface area contributed by atoms with E-state index in [1.54, 1.807) is 30.3 Å². The molecule has 30 heavy (non-hydrogen) atoms. The summed E-state index contributed by atoms with van der Waals surface area (Å²) < 4.78 is 2.08. The number of aryl methyl sites for hydroxylation is 1. The van der Waals surface area contributed by atoms with Crippen LogP contribution >= 0.6 is 23.8 Å². The van der Waals surface area contributed by atoms with Gasteiger partial charge in [0.15, 0.2) is 5.11 Å². The van der Waals surface area contributed by atoms with E-state index in [0.717, 1.165) is 22.6 Å². The molecular formula is C23H18ClN3O2S. The number of nitrogens with zero attached hydrogens (tertiary/aromatic N) is 2. The van der Waals surface area contributed by atoms with Crippen molar-refractivity contribution in [3.8, 4) is 5.69 Å². The highest BCUT2D eigenvalue weighted by molar-refractivity contribution is 7.80. The standard InChI is InChI=1S/C23H18ClN3O2S/c1-14-11-16(15(2)26(14)18-8-4-3-5-9-18)12-20-21(28)25-23(30)27(22(20)29)19-10-6-7-17(24)13-19/h3-13H,1-2H3,(H,25,28,30). The average molecular weight is 436 g/mol. The van der Waals surface area contributed by atoms with Gasteiger partial charge in [0.05, 0.1) is 5.69 Å². The van der Waals surface area contributed by atoms with E-state index in [4.69, 9.17) is 23.8 Å². The highest BCUT2D eigenvalue weighted by atomic mass is 35.5. The van der Waals surface area contributed by atoms with Crippen LogP contribution in [0.3, 0.4) is 0 Å². The van der Waals surface area contributed by atoms with Gasteiger partial charge in [-0.2, -0.15) is 0 Å². The first-order chi connectivity index (χ1) is 14.4. The second kappa shape index (κ2) is 7.89. The molecule has 2 heterocycles. The molecule has 0 unspecified atom stereocenters. The zero-order valence-electron chi connectivity index (χ0n) is 16.3. The smallest absolute Gasteiger partial charge is 0.270 e. The molecule has 1 aromatic heterocycles. The van der Waals surface area contributed by atoms with Crippen LogP contribution in [0.4, 0.5) is 5.69 Å². The summed E-state index contributed by atoms with van der Waals surface area (Å²) in [7, 11) is 0. The van der Waals surface area contributed by atoms with Crippen LogP contribution in [-0.2, 0) is 9.59 Å². The summed E-state index contributed by atoms with van der Waals surface area (Å²) in [4.78, 5) is 27.1. The Morgan fingerprint density at radius 2 is 1.67 bits per heavy atom. The van der Waals surface area contributed by atoms with E-state index in [1.807, 2.05) is 50.2 Å². The van der Waals surface area contributed by atoms with Crippen molar-refractivity contribution in [1.82, 2.24) is 9.88 Å². The van der Waals surface area contributed by atoms with Crippen molar-refractivity contribution in [3.63, 3.8) is 0 Å². The van der Waals surface area contributed by atoms with Crippen LogP contribution in [0.2, 0.25) is 5.02 Å². The number of para-hydroxylation sites is 1. The lowest BCUT2D eigenvalue weighted by atomic mass is 10.1. The number of nitrogens with one attached hydrogen (secondary N) is 1. The minimum Gasteiger partial charge on any atom is -0.318 e. The SMILES string of the molecule is Cc1cc(C=C2C(=O)NC(=S)N(c3cccc(Cl)c3)C2=O)c(C)n1-c1ccccc1. The van der Waals surface area contributed by atoms with Crippen LogP contribution in [0.1, 0.15) is 17.0 Å². The number of halogens is 1. The van der Waals surface area contributed by atoms with E-state index < -0.39 is 11.8 Å². The average Bonchev–Trinajstić information content (AvgIpc) is 2.99. The molecular weight excluding hydrogens is 418 g/mol. The Morgan fingerprint density at radius 3 is 2.37 bits per heavy atom. The van der Waals surface area contributed by atoms with E-state index >= 15 is 0 Å². The largest absolute Gasteiger partial charge is 0.318 e. The fourth-order valence-electron chi connectivity index (χ4n) is 3.57. The number of aromatic nitrogens is 1. The van der Waals surface area contributed by atoms with Crippen molar-refractivity contribution >= 4 is 52.5 Å². The molecule has 5 nitrogen and oxygen atoms in total. The van der Waals surface area contributed by atoms with Crippen molar-refractivity contribution < 1.29 is 9.59 Å².